The van der Waals surface area contributed by atoms with Crippen molar-refractivity contribution in [3.63, 3.8) is 0 Å². The zero-order valence-corrected chi connectivity index (χ0v) is 17.0. The van der Waals surface area contributed by atoms with Crippen LogP contribution >= 0.6 is 11.3 Å². The summed E-state index contributed by atoms with van der Waals surface area (Å²) in [5.74, 6) is 2.92. The SMILES string of the molecule is Cc1noc(CCNc2nc(CN(C)C)nc3scc(-c4ccccc4)c23)n1. The van der Waals surface area contributed by atoms with Crippen LogP contribution in [0.4, 0.5) is 5.82 Å². The smallest absolute Gasteiger partial charge is 0.228 e. The van der Waals surface area contributed by atoms with E-state index in [-0.39, 0.29) is 0 Å². The van der Waals surface area contributed by atoms with E-state index in [0.717, 1.165) is 33.0 Å². The molecular formula is C20H22N6OS. The van der Waals surface area contributed by atoms with Gasteiger partial charge in [-0.1, -0.05) is 35.5 Å². The van der Waals surface area contributed by atoms with E-state index in [2.05, 4.69) is 37.9 Å². The van der Waals surface area contributed by atoms with E-state index in [4.69, 9.17) is 14.5 Å². The van der Waals surface area contributed by atoms with Crippen molar-refractivity contribution in [1.82, 2.24) is 25.0 Å². The van der Waals surface area contributed by atoms with Gasteiger partial charge in [-0.3, -0.25) is 0 Å². The van der Waals surface area contributed by atoms with Gasteiger partial charge in [0.05, 0.1) is 11.9 Å². The molecule has 0 radical (unpaired) electrons. The zero-order valence-electron chi connectivity index (χ0n) is 16.1. The Kier molecular flexibility index (Phi) is 5.31. The molecule has 0 aliphatic heterocycles. The monoisotopic (exact) mass is 394 g/mol. The maximum atomic E-state index is 5.21. The summed E-state index contributed by atoms with van der Waals surface area (Å²) in [4.78, 5) is 16.9. The Morgan fingerprint density at radius 3 is 2.64 bits per heavy atom. The van der Waals surface area contributed by atoms with Crippen molar-refractivity contribution in [2.24, 2.45) is 0 Å². The van der Waals surface area contributed by atoms with Crippen molar-refractivity contribution in [2.75, 3.05) is 26.0 Å². The normalized spacial score (nSPS) is 11.4. The minimum atomic E-state index is 0.623. The zero-order chi connectivity index (χ0) is 19.5. The molecule has 0 aliphatic rings. The fraction of sp³-hybridized carbons (Fsp3) is 0.300. The van der Waals surface area contributed by atoms with Gasteiger partial charge in [-0.15, -0.1) is 11.3 Å². The van der Waals surface area contributed by atoms with Crippen LogP contribution in [0.5, 0.6) is 0 Å². The summed E-state index contributed by atoms with van der Waals surface area (Å²) in [7, 11) is 4.03. The van der Waals surface area contributed by atoms with E-state index in [1.54, 1.807) is 11.3 Å². The molecule has 0 atom stereocenters. The highest BCUT2D eigenvalue weighted by Crippen LogP contribution is 2.37. The highest BCUT2D eigenvalue weighted by Gasteiger charge is 2.16. The molecule has 0 bridgehead atoms. The fourth-order valence-corrected chi connectivity index (χ4v) is 3.99. The van der Waals surface area contributed by atoms with Gasteiger partial charge in [-0.2, -0.15) is 4.98 Å². The predicted octanol–water partition coefficient (Wildman–Crippen LogP) is 3.77. The first-order valence-electron chi connectivity index (χ1n) is 9.11. The van der Waals surface area contributed by atoms with Crippen LogP contribution in [-0.2, 0) is 13.0 Å². The van der Waals surface area contributed by atoms with Gasteiger partial charge in [0.15, 0.2) is 5.82 Å². The van der Waals surface area contributed by atoms with Crippen molar-refractivity contribution < 1.29 is 4.52 Å². The molecule has 28 heavy (non-hydrogen) atoms. The predicted molar refractivity (Wildman–Crippen MR) is 111 cm³/mol. The minimum absolute atomic E-state index is 0.623. The van der Waals surface area contributed by atoms with Crippen LogP contribution in [0.2, 0.25) is 0 Å². The summed E-state index contributed by atoms with van der Waals surface area (Å²) in [5.41, 5.74) is 2.31. The molecule has 7 nitrogen and oxygen atoms in total. The molecule has 0 fully saturated rings. The summed E-state index contributed by atoms with van der Waals surface area (Å²) < 4.78 is 5.21. The molecule has 4 aromatic rings. The molecule has 0 saturated carbocycles. The molecule has 0 amide bonds. The Bertz CT molecular complexity index is 1070. The van der Waals surface area contributed by atoms with Gasteiger partial charge in [0.25, 0.3) is 0 Å². The summed E-state index contributed by atoms with van der Waals surface area (Å²) in [6.45, 7) is 3.16. The van der Waals surface area contributed by atoms with Crippen LogP contribution in [-0.4, -0.2) is 45.6 Å². The third kappa shape index (κ3) is 4.02. The van der Waals surface area contributed by atoms with Gasteiger partial charge < -0.3 is 14.7 Å². The lowest BCUT2D eigenvalue weighted by Crippen LogP contribution is -2.15. The number of nitrogens with one attached hydrogen (secondary N) is 1. The van der Waals surface area contributed by atoms with Crippen LogP contribution in [0, 0.1) is 6.92 Å². The molecule has 144 valence electrons. The van der Waals surface area contributed by atoms with Crippen LogP contribution in [0.25, 0.3) is 21.3 Å². The second-order valence-electron chi connectivity index (χ2n) is 6.83. The number of fused-ring (bicyclic) bond motifs is 1. The third-order valence-corrected chi connectivity index (χ3v) is 5.10. The summed E-state index contributed by atoms with van der Waals surface area (Å²) in [5, 5.41) is 10.5. The van der Waals surface area contributed by atoms with Crippen molar-refractivity contribution in [2.45, 2.75) is 19.9 Å². The highest BCUT2D eigenvalue weighted by atomic mass is 32.1. The molecule has 0 aliphatic carbocycles. The van der Waals surface area contributed by atoms with Gasteiger partial charge in [0, 0.05) is 23.9 Å². The molecular weight excluding hydrogens is 372 g/mol. The number of rotatable bonds is 7. The Morgan fingerprint density at radius 2 is 1.93 bits per heavy atom. The number of nitrogens with zero attached hydrogens (tertiary/aromatic N) is 5. The Morgan fingerprint density at radius 1 is 1.11 bits per heavy atom. The maximum absolute atomic E-state index is 5.21. The topological polar surface area (TPSA) is 80.0 Å². The van der Waals surface area contributed by atoms with Gasteiger partial charge in [0.1, 0.15) is 16.5 Å². The molecule has 3 aromatic heterocycles. The van der Waals surface area contributed by atoms with E-state index >= 15 is 0 Å². The number of hydrogen-bond donors (Lipinski definition) is 1. The Balaban J connectivity index is 1.68. The Hall–Kier alpha value is -2.84. The molecule has 1 N–H and O–H groups in total. The molecule has 1 aromatic carbocycles. The molecule has 0 spiro atoms. The van der Waals surface area contributed by atoms with E-state index in [1.165, 1.54) is 0 Å². The van der Waals surface area contributed by atoms with Gasteiger partial charge in [0.2, 0.25) is 5.89 Å². The Labute approximate surface area is 167 Å². The molecule has 0 unspecified atom stereocenters. The van der Waals surface area contributed by atoms with Gasteiger partial charge in [-0.05, 0) is 26.6 Å². The lowest BCUT2D eigenvalue weighted by Gasteiger charge is -2.12. The number of aryl methyl sites for hydroxylation is 1. The van der Waals surface area contributed by atoms with E-state index in [1.807, 2.05) is 39.2 Å². The lowest BCUT2D eigenvalue weighted by molar-refractivity contribution is 0.377. The number of hydrogen-bond acceptors (Lipinski definition) is 8. The average molecular weight is 395 g/mol. The summed E-state index contributed by atoms with van der Waals surface area (Å²) in [6, 6.07) is 10.3. The van der Waals surface area contributed by atoms with Gasteiger partial charge >= 0.3 is 0 Å². The number of anilines is 1. The number of thiophene rings is 1. The standard InChI is InChI=1S/C20H22N6OS/c1-13-22-17(27-25-13)9-10-21-19-18-15(14-7-5-4-6-8-14)12-28-20(18)24-16(23-19)11-26(2)3/h4-8,12H,9-11H2,1-3H3,(H,21,23,24). The van der Waals surface area contributed by atoms with Crippen LogP contribution in [0.15, 0.2) is 40.2 Å². The number of aromatic nitrogens is 4. The van der Waals surface area contributed by atoms with E-state index < -0.39 is 0 Å². The second-order valence-corrected chi connectivity index (χ2v) is 7.69. The quantitative estimate of drug-likeness (QED) is 0.511. The minimum Gasteiger partial charge on any atom is -0.369 e. The first-order valence-corrected chi connectivity index (χ1v) is 9.99. The third-order valence-electron chi connectivity index (χ3n) is 4.22. The van der Waals surface area contributed by atoms with E-state index in [0.29, 0.717) is 31.2 Å². The second kappa shape index (κ2) is 8.04. The van der Waals surface area contributed by atoms with Crippen LogP contribution in [0.3, 0.4) is 0 Å². The fourth-order valence-electron chi connectivity index (χ4n) is 3.03. The first kappa shape index (κ1) is 18.5. The lowest BCUT2D eigenvalue weighted by atomic mass is 10.1. The van der Waals surface area contributed by atoms with E-state index in [9.17, 15) is 0 Å². The average Bonchev–Trinajstić information content (AvgIpc) is 3.28. The molecule has 0 saturated heterocycles. The van der Waals surface area contributed by atoms with Crippen LogP contribution in [0.1, 0.15) is 17.5 Å². The van der Waals surface area contributed by atoms with Gasteiger partial charge in [-0.25, -0.2) is 9.97 Å². The van der Waals surface area contributed by atoms with Crippen molar-refractivity contribution in [3.05, 3.63) is 53.3 Å². The summed E-state index contributed by atoms with van der Waals surface area (Å²) in [6.07, 6.45) is 0.639. The summed E-state index contributed by atoms with van der Waals surface area (Å²) >= 11 is 1.65. The molecule has 3 heterocycles. The maximum Gasteiger partial charge on any atom is 0.228 e. The first-order chi connectivity index (χ1) is 13.6. The molecule has 4 rings (SSSR count). The van der Waals surface area contributed by atoms with Crippen molar-refractivity contribution in [1.29, 1.82) is 0 Å². The van der Waals surface area contributed by atoms with Crippen molar-refractivity contribution >= 4 is 27.4 Å². The number of benzene rings is 1. The van der Waals surface area contributed by atoms with Crippen LogP contribution < -0.4 is 5.32 Å². The molecule has 8 heteroatoms. The largest absolute Gasteiger partial charge is 0.369 e. The highest BCUT2D eigenvalue weighted by molar-refractivity contribution is 7.17. The van der Waals surface area contributed by atoms with Crippen molar-refractivity contribution in [3.8, 4) is 11.1 Å².